The van der Waals surface area contributed by atoms with Crippen molar-refractivity contribution in [3.8, 4) is 0 Å². The number of carbonyl (C=O) groups is 1. The van der Waals surface area contributed by atoms with Gasteiger partial charge in [0.1, 0.15) is 0 Å². The Morgan fingerprint density at radius 3 is 2.52 bits per heavy atom. The van der Waals surface area contributed by atoms with Crippen LogP contribution in [0.15, 0.2) is 42.5 Å². The third-order valence-electron chi connectivity index (χ3n) is 5.00. The highest BCUT2D eigenvalue weighted by atomic mass is 16.6. The van der Waals surface area contributed by atoms with Crippen molar-refractivity contribution in [2.75, 3.05) is 0 Å². The molecule has 0 aliphatic rings. The van der Waals surface area contributed by atoms with Crippen LogP contribution in [0.5, 0.6) is 0 Å². The van der Waals surface area contributed by atoms with Crippen molar-refractivity contribution in [2.24, 2.45) is 0 Å². The van der Waals surface area contributed by atoms with E-state index in [1.54, 1.807) is 19.9 Å². The molecule has 2 aromatic carbocycles. The van der Waals surface area contributed by atoms with E-state index in [4.69, 9.17) is 0 Å². The molecule has 0 heterocycles. The van der Waals surface area contributed by atoms with Crippen molar-refractivity contribution in [1.29, 1.82) is 0 Å². The first kappa shape index (κ1) is 22.5. The molecule has 156 valence electrons. The first-order valence-corrected chi connectivity index (χ1v) is 9.62. The molecule has 0 bridgehead atoms. The van der Waals surface area contributed by atoms with Crippen LogP contribution in [0.4, 0.5) is 5.69 Å². The Morgan fingerprint density at radius 2 is 1.93 bits per heavy atom. The van der Waals surface area contributed by atoms with E-state index in [1.807, 2.05) is 30.3 Å². The van der Waals surface area contributed by atoms with E-state index < -0.39 is 16.6 Å². The quantitative estimate of drug-likeness (QED) is 0.439. The lowest BCUT2D eigenvalue weighted by molar-refractivity contribution is -0.386. The fourth-order valence-corrected chi connectivity index (χ4v) is 3.41. The monoisotopic (exact) mass is 400 g/mol. The number of nitrogens with zero attached hydrogens (tertiary/aromatic N) is 1. The lowest BCUT2D eigenvalue weighted by Gasteiger charge is -2.25. The highest BCUT2D eigenvalue weighted by molar-refractivity contribution is 5.75. The Kier molecular flexibility index (Phi) is 7.47. The zero-order valence-electron chi connectivity index (χ0n) is 17.0. The molecule has 0 aromatic heterocycles. The molecule has 0 spiro atoms. The van der Waals surface area contributed by atoms with E-state index in [9.17, 15) is 25.1 Å². The summed E-state index contributed by atoms with van der Waals surface area (Å²) in [4.78, 5) is 22.9. The standard InChI is InChI=1S/C22H28N2O5/c1-15-12-18(13-19(24(28)29)21(15)16(2)25)22(3,27)11-7-10-20(26)23-14-17-8-5-4-6-9-17/h4-6,8-9,12-13,16,25,27H,7,10-11,14H2,1-3H3,(H,23,26). The summed E-state index contributed by atoms with van der Waals surface area (Å²) in [5.41, 5.74) is 0.660. The van der Waals surface area contributed by atoms with Gasteiger partial charge in [-0.3, -0.25) is 14.9 Å². The predicted octanol–water partition coefficient (Wildman–Crippen LogP) is 3.65. The molecule has 7 nitrogen and oxygen atoms in total. The fourth-order valence-electron chi connectivity index (χ4n) is 3.41. The zero-order valence-corrected chi connectivity index (χ0v) is 17.0. The maximum absolute atomic E-state index is 12.0. The molecule has 3 N–H and O–H groups in total. The molecule has 1 amide bonds. The first-order valence-electron chi connectivity index (χ1n) is 9.62. The SMILES string of the molecule is Cc1cc(C(C)(O)CCCC(=O)NCc2ccccc2)cc([N+](=O)[O-])c1C(C)O. The number of aliphatic hydroxyl groups excluding tert-OH is 1. The number of nitrogens with one attached hydrogen (secondary N) is 1. The van der Waals surface area contributed by atoms with Crippen LogP contribution in [0.2, 0.25) is 0 Å². The Bertz CT molecular complexity index is 863. The second kappa shape index (κ2) is 9.62. The lowest BCUT2D eigenvalue weighted by atomic mass is 9.87. The zero-order chi connectivity index (χ0) is 21.6. The number of benzene rings is 2. The van der Waals surface area contributed by atoms with Gasteiger partial charge in [-0.2, -0.15) is 0 Å². The van der Waals surface area contributed by atoms with Crippen molar-refractivity contribution in [3.63, 3.8) is 0 Å². The molecule has 0 aliphatic heterocycles. The number of amides is 1. The van der Waals surface area contributed by atoms with Crippen LogP contribution < -0.4 is 5.32 Å². The van der Waals surface area contributed by atoms with Crippen molar-refractivity contribution >= 4 is 11.6 Å². The van der Waals surface area contributed by atoms with Crippen LogP contribution in [-0.4, -0.2) is 21.0 Å². The average molecular weight is 400 g/mol. The van der Waals surface area contributed by atoms with Gasteiger partial charge in [-0.25, -0.2) is 0 Å². The molecule has 0 fully saturated rings. The van der Waals surface area contributed by atoms with Crippen LogP contribution >= 0.6 is 0 Å². The Hall–Kier alpha value is -2.77. The van der Waals surface area contributed by atoms with Gasteiger partial charge < -0.3 is 15.5 Å². The number of nitro groups is 1. The summed E-state index contributed by atoms with van der Waals surface area (Å²) in [7, 11) is 0. The van der Waals surface area contributed by atoms with Gasteiger partial charge in [0, 0.05) is 19.0 Å². The van der Waals surface area contributed by atoms with E-state index in [1.165, 1.54) is 13.0 Å². The maximum atomic E-state index is 12.0. The van der Waals surface area contributed by atoms with Gasteiger partial charge in [-0.1, -0.05) is 36.4 Å². The van der Waals surface area contributed by atoms with Crippen molar-refractivity contribution in [1.82, 2.24) is 5.32 Å². The third-order valence-corrected chi connectivity index (χ3v) is 5.00. The molecule has 0 saturated heterocycles. The fraction of sp³-hybridized carbons (Fsp3) is 0.409. The maximum Gasteiger partial charge on any atom is 0.275 e. The van der Waals surface area contributed by atoms with Gasteiger partial charge in [0.2, 0.25) is 5.91 Å². The average Bonchev–Trinajstić information content (AvgIpc) is 2.66. The summed E-state index contributed by atoms with van der Waals surface area (Å²) in [5.74, 6) is -0.115. The molecule has 2 aromatic rings. The van der Waals surface area contributed by atoms with Crippen molar-refractivity contribution < 1.29 is 19.9 Å². The minimum Gasteiger partial charge on any atom is -0.388 e. The molecule has 7 heteroatoms. The molecule has 29 heavy (non-hydrogen) atoms. The molecule has 0 radical (unpaired) electrons. The van der Waals surface area contributed by atoms with E-state index >= 15 is 0 Å². The summed E-state index contributed by atoms with van der Waals surface area (Å²) in [6, 6.07) is 12.5. The lowest BCUT2D eigenvalue weighted by Crippen LogP contribution is -2.25. The summed E-state index contributed by atoms with van der Waals surface area (Å²) >= 11 is 0. The van der Waals surface area contributed by atoms with Crippen molar-refractivity contribution in [3.05, 3.63) is 74.8 Å². The van der Waals surface area contributed by atoms with E-state index in [0.29, 0.717) is 24.1 Å². The number of aliphatic hydroxyl groups is 2. The van der Waals surface area contributed by atoms with E-state index in [2.05, 4.69) is 5.32 Å². The van der Waals surface area contributed by atoms with Crippen LogP contribution in [-0.2, 0) is 16.9 Å². The molecule has 2 unspecified atom stereocenters. The van der Waals surface area contributed by atoms with Crippen LogP contribution in [0, 0.1) is 17.0 Å². The number of hydrogen-bond donors (Lipinski definition) is 3. The second-order valence-corrected chi connectivity index (χ2v) is 7.55. The molecule has 0 aliphatic carbocycles. The van der Waals surface area contributed by atoms with E-state index in [0.717, 1.165) is 5.56 Å². The summed E-state index contributed by atoms with van der Waals surface area (Å²) in [5, 5.41) is 35.0. The summed E-state index contributed by atoms with van der Waals surface area (Å²) in [6.45, 7) is 5.17. The largest absolute Gasteiger partial charge is 0.388 e. The molecule has 0 saturated carbocycles. The first-order chi connectivity index (χ1) is 13.6. The molecule has 2 rings (SSSR count). The highest BCUT2D eigenvalue weighted by Gasteiger charge is 2.29. The van der Waals surface area contributed by atoms with Crippen LogP contribution in [0.1, 0.15) is 61.5 Å². The van der Waals surface area contributed by atoms with Gasteiger partial charge in [-0.05, 0) is 50.3 Å². The van der Waals surface area contributed by atoms with Gasteiger partial charge in [0.05, 0.1) is 22.2 Å². The minimum atomic E-state index is -1.33. The van der Waals surface area contributed by atoms with Crippen molar-refractivity contribution in [2.45, 2.75) is 58.3 Å². The number of hydrogen-bond acceptors (Lipinski definition) is 5. The number of aryl methyl sites for hydroxylation is 1. The Balaban J connectivity index is 2.00. The summed E-state index contributed by atoms with van der Waals surface area (Å²) < 4.78 is 0. The molecule has 2 atom stereocenters. The number of rotatable bonds is 9. The minimum absolute atomic E-state index is 0.115. The highest BCUT2D eigenvalue weighted by Crippen LogP contribution is 2.35. The molecular formula is C22H28N2O5. The van der Waals surface area contributed by atoms with E-state index in [-0.39, 0.29) is 30.0 Å². The normalized spacial score (nSPS) is 14.1. The summed E-state index contributed by atoms with van der Waals surface area (Å²) in [6.07, 6.45) is -0.0344. The number of nitro benzene ring substituents is 1. The van der Waals surface area contributed by atoms with Gasteiger partial charge >= 0.3 is 0 Å². The van der Waals surface area contributed by atoms with Crippen LogP contribution in [0.3, 0.4) is 0 Å². The Labute approximate surface area is 170 Å². The third kappa shape index (κ3) is 6.10. The topological polar surface area (TPSA) is 113 Å². The van der Waals surface area contributed by atoms with Crippen LogP contribution in [0.25, 0.3) is 0 Å². The predicted molar refractivity (Wildman–Crippen MR) is 110 cm³/mol. The smallest absolute Gasteiger partial charge is 0.275 e. The second-order valence-electron chi connectivity index (χ2n) is 7.55. The van der Waals surface area contributed by atoms with Gasteiger partial charge in [0.15, 0.2) is 0 Å². The van der Waals surface area contributed by atoms with Gasteiger partial charge in [-0.15, -0.1) is 0 Å². The number of carbonyl (C=O) groups excluding carboxylic acids is 1. The molecular weight excluding hydrogens is 372 g/mol. The Morgan fingerprint density at radius 1 is 1.28 bits per heavy atom. The van der Waals surface area contributed by atoms with Gasteiger partial charge in [0.25, 0.3) is 5.69 Å².